The summed E-state index contributed by atoms with van der Waals surface area (Å²) in [6.45, 7) is 4.14. The lowest BCUT2D eigenvalue weighted by atomic mass is 10.0. The Balaban J connectivity index is 2.11. The molecular formula is C16H19FN2S. The molecule has 0 heterocycles. The van der Waals surface area contributed by atoms with Crippen LogP contribution in [0.3, 0.4) is 0 Å². The molecule has 0 spiro atoms. The molecule has 20 heavy (non-hydrogen) atoms. The number of hydrogen-bond donors (Lipinski definition) is 2. The second kappa shape index (κ2) is 6.88. The van der Waals surface area contributed by atoms with Crippen LogP contribution in [0.25, 0.3) is 0 Å². The van der Waals surface area contributed by atoms with Crippen molar-refractivity contribution in [1.29, 1.82) is 0 Å². The second-order valence-electron chi connectivity index (χ2n) is 4.82. The van der Waals surface area contributed by atoms with Gasteiger partial charge in [-0.2, -0.15) is 0 Å². The van der Waals surface area contributed by atoms with E-state index in [1.165, 1.54) is 29.0 Å². The van der Waals surface area contributed by atoms with Crippen LogP contribution in [0.4, 0.5) is 4.39 Å². The van der Waals surface area contributed by atoms with Crippen molar-refractivity contribution in [2.75, 3.05) is 5.75 Å². The number of nitrogens with two attached hydrogens (primary N) is 1. The summed E-state index contributed by atoms with van der Waals surface area (Å²) in [4.78, 5) is 0.650. The normalized spacial score (nSPS) is 12.4. The van der Waals surface area contributed by atoms with E-state index in [0.717, 1.165) is 5.56 Å². The smallest absolute Gasteiger partial charge is 0.136 e. The number of nitrogens with one attached hydrogen (secondary N) is 1. The van der Waals surface area contributed by atoms with Gasteiger partial charge >= 0.3 is 0 Å². The highest BCUT2D eigenvalue weighted by Crippen LogP contribution is 2.28. The molecule has 0 aromatic heterocycles. The molecule has 0 bridgehead atoms. The number of halogens is 1. The predicted octanol–water partition coefficient (Wildman–Crippen LogP) is 3.74. The average molecular weight is 290 g/mol. The third-order valence-corrected chi connectivity index (χ3v) is 4.39. The minimum absolute atomic E-state index is 0.000191. The highest BCUT2D eigenvalue weighted by Gasteiger charge is 2.13. The first-order chi connectivity index (χ1) is 9.61. The molecule has 0 saturated carbocycles. The van der Waals surface area contributed by atoms with Gasteiger partial charge in [0.1, 0.15) is 5.82 Å². The maximum atomic E-state index is 13.6. The zero-order chi connectivity index (χ0) is 14.5. The first kappa shape index (κ1) is 15.0. The molecule has 0 fully saturated rings. The molecule has 0 aliphatic heterocycles. The molecule has 2 rings (SSSR count). The van der Waals surface area contributed by atoms with Crippen molar-refractivity contribution < 1.29 is 4.39 Å². The molecule has 4 heteroatoms. The van der Waals surface area contributed by atoms with Crippen molar-refractivity contribution in [3.63, 3.8) is 0 Å². The Morgan fingerprint density at radius 3 is 2.60 bits per heavy atom. The standard InChI is InChI=1S/C16H19FN2S/c1-11-7-8-13(12(2)9-11)15(19-18)10-20-16-6-4-3-5-14(16)17/h3-9,15,19H,10,18H2,1-2H3. The third kappa shape index (κ3) is 3.60. The van der Waals surface area contributed by atoms with Crippen LogP contribution in [-0.2, 0) is 0 Å². The summed E-state index contributed by atoms with van der Waals surface area (Å²) in [5.74, 6) is 6.15. The first-order valence-corrected chi connectivity index (χ1v) is 7.51. The topological polar surface area (TPSA) is 38.0 Å². The van der Waals surface area contributed by atoms with Gasteiger partial charge in [-0.3, -0.25) is 11.3 Å². The molecule has 2 aromatic carbocycles. The molecule has 0 aliphatic carbocycles. The number of hydrogen-bond acceptors (Lipinski definition) is 3. The average Bonchev–Trinajstić information content (AvgIpc) is 2.43. The van der Waals surface area contributed by atoms with Crippen molar-refractivity contribution in [3.8, 4) is 0 Å². The monoisotopic (exact) mass is 290 g/mol. The van der Waals surface area contributed by atoms with E-state index in [9.17, 15) is 4.39 Å². The van der Waals surface area contributed by atoms with Crippen molar-refractivity contribution in [2.24, 2.45) is 5.84 Å². The number of benzene rings is 2. The first-order valence-electron chi connectivity index (χ1n) is 6.52. The van der Waals surface area contributed by atoms with E-state index in [-0.39, 0.29) is 11.9 Å². The Hall–Kier alpha value is -1.36. The summed E-state index contributed by atoms with van der Waals surface area (Å²) in [7, 11) is 0. The van der Waals surface area contributed by atoms with Crippen LogP contribution >= 0.6 is 11.8 Å². The van der Waals surface area contributed by atoms with E-state index < -0.39 is 0 Å². The van der Waals surface area contributed by atoms with Crippen LogP contribution < -0.4 is 11.3 Å². The highest BCUT2D eigenvalue weighted by atomic mass is 32.2. The van der Waals surface area contributed by atoms with E-state index in [4.69, 9.17) is 5.84 Å². The molecule has 1 atom stereocenters. The van der Waals surface area contributed by atoms with Crippen LogP contribution in [0.15, 0.2) is 47.4 Å². The Kier molecular flexibility index (Phi) is 5.17. The molecule has 106 valence electrons. The van der Waals surface area contributed by atoms with Crippen LogP contribution in [-0.4, -0.2) is 5.75 Å². The lowest BCUT2D eigenvalue weighted by Crippen LogP contribution is -2.30. The Morgan fingerprint density at radius 2 is 1.95 bits per heavy atom. The highest BCUT2D eigenvalue weighted by molar-refractivity contribution is 7.99. The zero-order valence-electron chi connectivity index (χ0n) is 11.7. The number of aryl methyl sites for hydroxylation is 2. The lowest BCUT2D eigenvalue weighted by molar-refractivity contribution is 0.596. The van der Waals surface area contributed by atoms with Gasteiger partial charge in [-0.05, 0) is 37.1 Å². The maximum absolute atomic E-state index is 13.6. The maximum Gasteiger partial charge on any atom is 0.136 e. The van der Waals surface area contributed by atoms with Crippen LogP contribution in [0.1, 0.15) is 22.7 Å². The number of hydrazine groups is 1. The summed E-state index contributed by atoms with van der Waals surface area (Å²) >= 11 is 1.47. The van der Waals surface area contributed by atoms with E-state index in [2.05, 4.69) is 37.5 Å². The second-order valence-corrected chi connectivity index (χ2v) is 5.88. The van der Waals surface area contributed by atoms with Gasteiger partial charge in [0.25, 0.3) is 0 Å². The van der Waals surface area contributed by atoms with Crippen molar-refractivity contribution in [1.82, 2.24) is 5.43 Å². The fraction of sp³-hybridized carbons (Fsp3) is 0.250. The largest absolute Gasteiger partial charge is 0.271 e. The minimum Gasteiger partial charge on any atom is -0.271 e. The fourth-order valence-corrected chi connectivity index (χ4v) is 3.18. The van der Waals surface area contributed by atoms with Gasteiger partial charge in [0, 0.05) is 10.6 Å². The summed E-state index contributed by atoms with van der Waals surface area (Å²) < 4.78 is 13.6. The summed E-state index contributed by atoms with van der Waals surface area (Å²) in [6, 6.07) is 13.1. The molecule has 3 N–H and O–H groups in total. The minimum atomic E-state index is -0.186. The van der Waals surface area contributed by atoms with Crippen LogP contribution in [0.2, 0.25) is 0 Å². The van der Waals surface area contributed by atoms with Gasteiger partial charge in [0.05, 0.1) is 6.04 Å². The molecule has 2 nitrogen and oxygen atoms in total. The number of thioether (sulfide) groups is 1. The number of rotatable bonds is 5. The van der Waals surface area contributed by atoms with Crippen LogP contribution in [0.5, 0.6) is 0 Å². The Labute approximate surface area is 123 Å². The molecule has 0 radical (unpaired) electrons. The van der Waals surface area contributed by atoms with Crippen molar-refractivity contribution in [3.05, 3.63) is 65.0 Å². The van der Waals surface area contributed by atoms with Gasteiger partial charge in [0.2, 0.25) is 0 Å². The van der Waals surface area contributed by atoms with Crippen molar-refractivity contribution in [2.45, 2.75) is 24.8 Å². The SMILES string of the molecule is Cc1ccc(C(CSc2ccccc2F)NN)c(C)c1. The molecular weight excluding hydrogens is 271 g/mol. The van der Waals surface area contributed by atoms with E-state index >= 15 is 0 Å². The van der Waals surface area contributed by atoms with E-state index in [1.807, 2.05) is 6.07 Å². The quantitative estimate of drug-likeness (QED) is 0.500. The molecule has 1 unspecified atom stereocenters. The van der Waals surface area contributed by atoms with Gasteiger partial charge in [-0.15, -0.1) is 11.8 Å². The lowest BCUT2D eigenvalue weighted by Gasteiger charge is -2.18. The predicted molar refractivity (Wildman–Crippen MR) is 83.1 cm³/mol. The Bertz CT molecular complexity index is 586. The van der Waals surface area contributed by atoms with Gasteiger partial charge in [-0.1, -0.05) is 35.9 Å². The molecule has 0 amide bonds. The van der Waals surface area contributed by atoms with Gasteiger partial charge < -0.3 is 0 Å². The summed E-state index contributed by atoms with van der Waals surface area (Å²) in [6.07, 6.45) is 0. The molecule has 0 saturated heterocycles. The summed E-state index contributed by atoms with van der Waals surface area (Å²) in [5, 5.41) is 0. The van der Waals surface area contributed by atoms with Gasteiger partial charge in [0.15, 0.2) is 0 Å². The van der Waals surface area contributed by atoms with E-state index in [0.29, 0.717) is 10.6 Å². The van der Waals surface area contributed by atoms with Crippen LogP contribution in [0, 0.1) is 19.7 Å². The zero-order valence-corrected chi connectivity index (χ0v) is 12.5. The molecule has 0 aliphatic rings. The van der Waals surface area contributed by atoms with Gasteiger partial charge in [-0.25, -0.2) is 4.39 Å². The Morgan fingerprint density at radius 1 is 1.20 bits per heavy atom. The van der Waals surface area contributed by atoms with E-state index in [1.54, 1.807) is 12.1 Å². The summed E-state index contributed by atoms with van der Waals surface area (Å²) in [5.41, 5.74) is 6.40. The molecule has 2 aromatic rings. The fourth-order valence-electron chi connectivity index (χ4n) is 2.18. The third-order valence-electron chi connectivity index (χ3n) is 3.24. The van der Waals surface area contributed by atoms with Crippen molar-refractivity contribution >= 4 is 11.8 Å².